The summed E-state index contributed by atoms with van der Waals surface area (Å²) in [6, 6.07) is 8.08. The molecule has 1 aliphatic rings. The van der Waals surface area contributed by atoms with Gasteiger partial charge in [0.15, 0.2) is 5.96 Å². The van der Waals surface area contributed by atoms with E-state index in [9.17, 15) is 0 Å². The Morgan fingerprint density at radius 2 is 1.88 bits per heavy atom. The van der Waals surface area contributed by atoms with Crippen LogP contribution >= 0.6 is 0 Å². The van der Waals surface area contributed by atoms with Crippen LogP contribution in [0.4, 0.5) is 0 Å². The highest BCUT2D eigenvalue weighted by atomic mass is 16.5. The summed E-state index contributed by atoms with van der Waals surface area (Å²) >= 11 is 0. The maximum absolute atomic E-state index is 5.95. The van der Waals surface area contributed by atoms with Crippen molar-refractivity contribution in [3.05, 3.63) is 29.8 Å². The van der Waals surface area contributed by atoms with Crippen molar-refractivity contribution in [1.29, 1.82) is 0 Å². The number of nitrogens with one attached hydrogen (secondary N) is 1. The third kappa shape index (κ3) is 6.84. The number of ether oxygens (including phenoxy) is 3. The van der Waals surface area contributed by atoms with E-state index in [0.29, 0.717) is 12.6 Å². The minimum absolute atomic E-state index is 0.354. The molecule has 1 saturated heterocycles. The normalized spacial score (nSPS) is 16.0. The lowest BCUT2D eigenvalue weighted by molar-refractivity contribution is 0.00990. The number of hydrogen-bond donors (Lipinski definition) is 1. The first-order valence-corrected chi connectivity index (χ1v) is 9.53. The highest BCUT2D eigenvalue weighted by Crippen LogP contribution is 2.15. The first kappa shape index (κ1) is 20.5. The molecule has 0 aliphatic carbocycles. The number of benzene rings is 1. The number of piperidine rings is 1. The predicted octanol–water partition coefficient (Wildman–Crippen LogP) is 2.68. The van der Waals surface area contributed by atoms with Crippen LogP contribution in [-0.2, 0) is 16.0 Å². The lowest BCUT2D eigenvalue weighted by Gasteiger charge is -2.34. The van der Waals surface area contributed by atoms with Gasteiger partial charge in [0.1, 0.15) is 5.75 Å². The summed E-state index contributed by atoms with van der Waals surface area (Å²) in [5.74, 6) is 1.86. The molecule has 1 N–H and O–H groups in total. The highest BCUT2D eigenvalue weighted by Gasteiger charge is 2.21. The summed E-state index contributed by atoms with van der Waals surface area (Å²) < 4.78 is 16.2. The van der Waals surface area contributed by atoms with Gasteiger partial charge in [-0.1, -0.05) is 12.1 Å². The van der Waals surface area contributed by atoms with Crippen molar-refractivity contribution in [3.8, 4) is 5.75 Å². The molecule has 146 valence electrons. The standard InChI is InChI=1S/C20H33N3O3/c1-4-21-20(22-16-17-6-8-18(25-3)9-7-17)23-12-10-19(11-13-23)26-15-5-14-24-2/h6-9,19H,4-5,10-16H2,1-3H3,(H,21,22). The van der Waals surface area contributed by atoms with Gasteiger partial charge in [-0.2, -0.15) is 0 Å². The fraction of sp³-hybridized carbons (Fsp3) is 0.650. The molecule has 1 heterocycles. The number of hydrogen-bond acceptors (Lipinski definition) is 4. The molecule has 1 aliphatic heterocycles. The Balaban J connectivity index is 1.83. The van der Waals surface area contributed by atoms with E-state index in [1.54, 1.807) is 14.2 Å². The number of nitrogens with zero attached hydrogens (tertiary/aromatic N) is 2. The monoisotopic (exact) mass is 363 g/mol. The SMILES string of the molecule is CCNC(=NCc1ccc(OC)cc1)N1CCC(OCCCOC)CC1. The van der Waals surface area contributed by atoms with Crippen LogP contribution in [0, 0.1) is 0 Å². The van der Waals surface area contributed by atoms with E-state index >= 15 is 0 Å². The molecule has 6 nitrogen and oxygen atoms in total. The molecule has 0 atom stereocenters. The highest BCUT2D eigenvalue weighted by molar-refractivity contribution is 5.80. The quantitative estimate of drug-likeness (QED) is 0.415. The van der Waals surface area contributed by atoms with Crippen LogP contribution in [0.1, 0.15) is 31.7 Å². The summed E-state index contributed by atoms with van der Waals surface area (Å²) in [5, 5.41) is 3.41. The van der Waals surface area contributed by atoms with Gasteiger partial charge in [0.2, 0.25) is 0 Å². The van der Waals surface area contributed by atoms with Crippen molar-refractivity contribution in [2.24, 2.45) is 4.99 Å². The first-order valence-electron chi connectivity index (χ1n) is 9.53. The minimum Gasteiger partial charge on any atom is -0.497 e. The molecular weight excluding hydrogens is 330 g/mol. The Hall–Kier alpha value is -1.79. The zero-order valence-electron chi connectivity index (χ0n) is 16.4. The van der Waals surface area contributed by atoms with E-state index < -0.39 is 0 Å². The van der Waals surface area contributed by atoms with Gasteiger partial charge in [0.25, 0.3) is 0 Å². The van der Waals surface area contributed by atoms with E-state index in [-0.39, 0.29) is 0 Å². The van der Waals surface area contributed by atoms with Crippen molar-refractivity contribution in [1.82, 2.24) is 10.2 Å². The smallest absolute Gasteiger partial charge is 0.194 e. The average molecular weight is 364 g/mol. The number of methoxy groups -OCH3 is 2. The van der Waals surface area contributed by atoms with Crippen molar-refractivity contribution >= 4 is 5.96 Å². The third-order valence-electron chi connectivity index (χ3n) is 4.49. The van der Waals surface area contributed by atoms with Crippen molar-refractivity contribution in [2.45, 2.75) is 38.8 Å². The zero-order valence-corrected chi connectivity index (χ0v) is 16.4. The lowest BCUT2D eigenvalue weighted by atomic mass is 10.1. The van der Waals surface area contributed by atoms with Gasteiger partial charge in [-0.25, -0.2) is 4.99 Å². The molecule has 1 fully saturated rings. The third-order valence-corrected chi connectivity index (χ3v) is 4.49. The molecule has 6 heteroatoms. The van der Waals surface area contributed by atoms with Crippen LogP contribution in [0.2, 0.25) is 0 Å². The molecule has 0 amide bonds. The average Bonchev–Trinajstić information content (AvgIpc) is 2.69. The fourth-order valence-corrected chi connectivity index (χ4v) is 3.01. The van der Waals surface area contributed by atoms with Gasteiger partial charge in [0.05, 0.1) is 19.8 Å². The number of likely N-dealkylation sites (tertiary alicyclic amines) is 1. The summed E-state index contributed by atoms with van der Waals surface area (Å²) in [4.78, 5) is 7.14. The van der Waals surface area contributed by atoms with Crippen LogP contribution in [0.25, 0.3) is 0 Å². The number of rotatable bonds is 9. The van der Waals surface area contributed by atoms with Crippen LogP contribution in [0.15, 0.2) is 29.3 Å². The van der Waals surface area contributed by atoms with Gasteiger partial charge >= 0.3 is 0 Å². The molecule has 0 spiro atoms. The van der Waals surface area contributed by atoms with E-state index in [1.165, 1.54) is 5.56 Å². The lowest BCUT2D eigenvalue weighted by Crippen LogP contribution is -2.47. The molecule has 0 saturated carbocycles. The van der Waals surface area contributed by atoms with E-state index in [2.05, 4.69) is 29.3 Å². The summed E-state index contributed by atoms with van der Waals surface area (Å²) in [7, 11) is 3.41. The predicted molar refractivity (Wildman–Crippen MR) is 105 cm³/mol. The van der Waals surface area contributed by atoms with Crippen molar-refractivity contribution < 1.29 is 14.2 Å². The Morgan fingerprint density at radius 3 is 2.50 bits per heavy atom. The molecular formula is C20H33N3O3. The molecule has 1 aromatic rings. The van der Waals surface area contributed by atoms with Crippen LogP contribution in [0.5, 0.6) is 5.75 Å². The Labute approximate surface area is 157 Å². The fourth-order valence-electron chi connectivity index (χ4n) is 3.01. The second-order valence-electron chi connectivity index (χ2n) is 6.42. The topological polar surface area (TPSA) is 55.3 Å². The number of guanidine groups is 1. The van der Waals surface area contributed by atoms with Crippen LogP contribution in [-0.4, -0.2) is 64.0 Å². The second-order valence-corrected chi connectivity index (χ2v) is 6.42. The molecule has 0 radical (unpaired) electrons. The van der Waals surface area contributed by atoms with Gasteiger partial charge in [-0.15, -0.1) is 0 Å². The Morgan fingerprint density at radius 1 is 1.15 bits per heavy atom. The van der Waals surface area contributed by atoms with Crippen molar-refractivity contribution in [3.63, 3.8) is 0 Å². The van der Waals surface area contributed by atoms with Crippen LogP contribution < -0.4 is 10.1 Å². The van der Waals surface area contributed by atoms with E-state index in [4.69, 9.17) is 19.2 Å². The molecule has 0 bridgehead atoms. The van der Waals surface area contributed by atoms with Crippen molar-refractivity contribution in [2.75, 3.05) is 47.1 Å². The minimum atomic E-state index is 0.354. The summed E-state index contributed by atoms with van der Waals surface area (Å²) in [6.07, 6.45) is 3.40. The van der Waals surface area contributed by atoms with E-state index in [1.807, 2.05) is 12.1 Å². The molecule has 26 heavy (non-hydrogen) atoms. The first-order chi connectivity index (χ1) is 12.8. The zero-order chi connectivity index (χ0) is 18.6. The summed E-state index contributed by atoms with van der Waals surface area (Å²) in [6.45, 7) is 7.14. The van der Waals surface area contributed by atoms with E-state index in [0.717, 1.165) is 63.8 Å². The van der Waals surface area contributed by atoms with Crippen LogP contribution in [0.3, 0.4) is 0 Å². The van der Waals surface area contributed by atoms with Gasteiger partial charge < -0.3 is 24.4 Å². The molecule has 1 aromatic carbocycles. The molecule has 0 unspecified atom stereocenters. The Bertz CT molecular complexity index is 526. The Kier molecular flexibility index (Phi) is 9.28. The maximum atomic E-state index is 5.95. The number of aliphatic imine (C=N–C) groups is 1. The van der Waals surface area contributed by atoms with Gasteiger partial charge in [-0.05, 0) is 43.9 Å². The second kappa shape index (κ2) is 11.8. The molecule has 0 aromatic heterocycles. The van der Waals surface area contributed by atoms with Gasteiger partial charge in [-0.3, -0.25) is 0 Å². The largest absolute Gasteiger partial charge is 0.497 e. The van der Waals surface area contributed by atoms with Gasteiger partial charge in [0, 0.05) is 40.0 Å². The molecule has 2 rings (SSSR count). The maximum Gasteiger partial charge on any atom is 0.194 e. The summed E-state index contributed by atoms with van der Waals surface area (Å²) in [5.41, 5.74) is 1.18.